The van der Waals surface area contributed by atoms with Gasteiger partial charge in [0.05, 0.1) is 3.79 Å². The SMILES string of the molecule is Nc1ccc(C(=O)NCCc2ccc(Br)s2)cc1Br. The molecule has 1 heterocycles. The molecule has 0 aliphatic carbocycles. The van der Waals surface area contributed by atoms with Crippen molar-refractivity contribution in [3.63, 3.8) is 0 Å². The van der Waals surface area contributed by atoms with Crippen LogP contribution in [0, 0.1) is 0 Å². The number of rotatable bonds is 4. The van der Waals surface area contributed by atoms with Gasteiger partial charge < -0.3 is 11.1 Å². The molecule has 6 heteroatoms. The summed E-state index contributed by atoms with van der Waals surface area (Å²) in [6.45, 7) is 0.619. The minimum Gasteiger partial charge on any atom is -0.398 e. The van der Waals surface area contributed by atoms with Gasteiger partial charge in [0.1, 0.15) is 0 Å². The van der Waals surface area contributed by atoms with Crippen molar-refractivity contribution in [2.75, 3.05) is 12.3 Å². The first-order chi connectivity index (χ1) is 9.06. The summed E-state index contributed by atoms with van der Waals surface area (Å²) in [6, 6.07) is 9.23. The molecule has 0 bridgehead atoms. The molecule has 0 radical (unpaired) electrons. The van der Waals surface area contributed by atoms with Crippen LogP contribution in [0.1, 0.15) is 15.2 Å². The van der Waals surface area contributed by atoms with E-state index in [0.29, 0.717) is 17.8 Å². The summed E-state index contributed by atoms with van der Waals surface area (Å²) >= 11 is 8.41. The molecule has 0 saturated carbocycles. The number of nitrogens with two attached hydrogens (primary N) is 1. The van der Waals surface area contributed by atoms with Crippen LogP contribution in [0.25, 0.3) is 0 Å². The van der Waals surface area contributed by atoms with Gasteiger partial charge in [0, 0.05) is 27.1 Å². The van der Waals surface area contributed by atoms with Crippen LogP contribution in [-0.4, -0.2) is 12.5 Å². The molecule has 0 spiro atoms. The Hall–Kier alpha value is -0.850. The van der Waals surface area contributed by atoms with Gasteiger partial charge in [0.25, 0.3) is 5.91 Å². The van der Waals surface area contributed by atoms with Crippen LogP contribution in [-0.2, 0) is 6.42 Å². The van der Waals surface area contributed by atoms with E-state index in [9.17, 15) is 4.79 Å². The molecule has 1 aromatic carbocycles. The topological polar surface area (TPSA) is 55.1 Å². The molecule has 3 N–H and O–H groups in total. The molecule has 100 valence electrons. The Kier molecular flexibility index (Phi) is 5.01. The number of hydrogen-bond acceptors (Lipinski definition) is 3. The molecule has 0 aliphatic rings. The van der Waals surface area contributed by atoms with Gasteiger partial charge in [-0.25, -0.2) is 0 Å². The summed E-state index contributed by atoms with van der Waals surface area (Å²) in [7, 11) is 0. The average molecular weight is 404 g/mol. The number of benzene rings is 1. The minimum atomic E-state index is -0.0867. The Balaban J connectivity index is 1.89. The number of thiophene rings is 1. The van der Waals surface area contributed by atoms with E-state index in [1.165, 1.54) is 4.88 Å². The number of amides is 1. The fourth-order valence-corrected chi connectivity index (χ4v) is 3.42. The van der Waals surface area contributed by atoms with Gasteiger partial charge in [-0.3, -0.25) is 4.79 Å². The summed E-state index contributed by atoms with van der Waals surface area (Å²) in [6.07, 6.45) is 0.831. The van der Waals surface area contributed by atoms with Crippen LogP contribution < -0.4 is 11.1 Å². The lowest BCUT2D eigenvalue weighted by molar-refractivity contribution is 0.0954. The molecule has 1 amide bonds. The summed E-state index contributed by atoms with van der Waals surface area (Å²) in [4.78, 5) is 13.2. The lowest BCUT2D eigenvalue weighted by Gasteiger charge is -2.06. The highest BCUT2D eigenvalue weighted by atomic mass is 79.9. The van der Waals surface area contributed by atoms with E-state index in [1.54, 1.807) is 29.5 Å². The van der Waals surface area contributed by atoms with E-state index in [0.717, 1.165) is 14.7 Å². The maximum atomic E-state index is 11.9. The molecule has 0 fully saturated rings. The maximum absolute atomic E-state index is 11.9. The van der Waals surface area contributed by atoms with Gasteiger partial charge in [0.2, 0.25) is 0 Å². The molecule has 19 heavy (non-hydrogen) atoms. The summed E-state index contributed by atoms with van der Waals surface area (Å²) in [5.41, 5.74) is 6.92. The van der Waals surface area contributed by atoms with Crippen molar-refractivity contribution in [1.82, 2.24) is 5.32 Å². The summed E-state index contributed by atoms with van der Waals surface area (Å²) in [5.74, 6) is -0.0867. The third-order valence-corrected chi connectivity index (χ3v) is 4.92. The molecular formula is C13H12Br2N2OS. The lowest BCUT2D eigenvalue weighted by atomic mass is 10.2. The number of carbonyl (C=O) groups is 1. The second-order valence-corrected chi connectivity index (χ2v) is 7.35. The van der Waals surface area contributed by atoms with Crippen molar-refractivity contribution in [2.24, 2.45) is 0 Å². The molecule has 0 aliphatic heterocycles. The fourth-order valence-electron chi connectivity index (χ4n) is 1.56. The second-order valence-electron chi connectivity index (χ2n) is 3.95. The lowest BCUT2D eigenvalue weighted by Crippen LogP contribution is -2.25. The highest BCUT2D eigenvalue weighted by molar-refractivity contribution is 9.11. The van der Waals surface area contributed by atoms with Crippen molar-refractivity contribution >= 4 is 54.8 Å². The highest BCUT2D eigenvalue weighted by Gasteiger charge is 2.07. The zero-order valence-corrected chi connectivity index (χ0v) is 13.9. The third kappa shape index (κ3) is 4.06. The molecular weight excluding hydrogens is 392 g/mol. The van der Waals surface area contributed by atoms with E-state index in [2.05, 4.69) is 43.2 Å². The molecule has 2 aromatic rings. The minimum absolute atomic E-state index is 0.0867. The maximum Gasteiger partial charge on any atom is 0.251 e. The number of hydrogen-bond donors (Lipinski definition) is 2. The van der Waals surface area contributed by atoms with Gasteiger partial charge in [-0.15, -0.1) is 11.3 Å². The fraction of sp³-hybridized carbons (Fsp3) is 0.154. The monoisotopic (exact) mass is 402 g/mol. The zero-order valence-electron chi connectivity index (χ0n) is 9.95. The number of nitrogen functional groups attached to an aromatic ring is 1. The molecule has 0 unspecified atom stereocenters. The van der Waals surface area contributed by atoms with Crippen LogP contribution in [0.15, 0.2) is 38.6 Å². The van der Waals surface area contributed by atoms with E-state index in [1.807, 2.05) is 6.07 Å². The molecule has 1 aromatic heterocycles. The van der Waals surface area contributed by atoms with Gasteiger partial charge in [-0.05, 0) is 68.6 Å². The van der Waals surface area contributed by atoms with Crippen LogP contribution in [0.5, 0.6) is 0 Å². The first kappa shape index (κ1) is 14.6. The first-order valence-corrected chi connectivity index (χ1v) is 8.04. The first-order valence-electron chi connectivity index (χ1n) is 5.63. The normalized spacial score (nSPS) is 10.4. The Morgan fingerprint density at radius 2 is 2.05 bits per heavy atom. The van der Waals surface area contributed by atoms with Gasteiger partial charge in [-0.1, -0.05) is 0 Å². The van der Waals surface area contributed by atoms with Crippen LogP contribution in [0.2, 0.25) is 0 Å². The largest absolute Gasteiger partial charge is 0.398 e. The molecule has 0 saturated heterocycles. The van der Waals surface area contributed by atoms with Crippen molar-refractivity contribution in [3.8, 4) is 0 Å². The van der Waals surface area contributed by atoms with Crippen molar-refractivity contribution in [3.05, 3.63) is 49.0 Å². The molecule has 3 nitrogen and oxygen atoms in total. The van der Waals surface area contributed by atoms with Gasteiger partial charge in [0.15, 0.2) is 0 Å². The van der Waals surface area contributed by atoms with Crippen molar-refractivity contribution in [2.45, 2.75) is 6.42 Å². The van der Waals surface area contributed by atoms with Crippen LogP contribution in [0.4, 0.5) is 5.69 Å². The van der Waals surface area contributed by atoms with Crippen molar-refractivity contribution in [1.29, 1.82) is 0 Å². The van der Waals surface area contributed by atoms with E-state index < -0.39 is 0 Å². The summed E-state index contributed by atoms with van der Waals surface area (Å²) < 4.78 is 1.85. The quantitative estimate of drug-likeness (QED) is 0.762. The van der Waals surface area contributed by atoms with E-state index in [4.69, 9.17) is 5.73 Å². The van der Waals surface area contributed by atoms with Gasteiger partial charge >= 0.3 is 0 Å². The predicted molar refractivity (Wildman–Crippen MR) is 86.6 cm³/mol. The number of halogens is 2. The van der Waals surface area contributed by atoms with E-state index in [-0.39, 0.29) is 5.91 Å². The van der Waals surface area contributed by atoms with Crippen molar-refractivity contribution < 1.29 is 4.79 Å². The van der Waals surface area contributed by atoms with Crippen LogP contribution >= 0.6 is 43.2 Å². The smallest absolute Gasteiger partial charge is 0.251 e. The number of anilines is 1. The number of nitrogens with one attached hydrogen (secondary N) is 1. The summed E-state index contributed by atoms with van der Waals surface area (Å²) in [5, 5.41) is 2.89. The molecule has 2 rings (SSSR count). The van der Waals surface area contributed by atoms with E-state index >= 15 is 0 Å². The molecule has 0 atom stereocenters. The highest BCUT2D eigenvalue weighted by Crippen LogP contribution is 2.22. The van der Waals surface area contributed by atoms with Crippen LogP contribution in [0.3, 0.4) is 0 Å². The zero-order chi connectivity index (χ0) is 13.8. The second kappa shape index (κ2) is 6.54. The Labute approximate surface area is 132 Å². The van der Waals surface area contributed by atoms with Gasteiger partial charge in [-0.2, -0.15) is 0 Å². The number of carbonyl (C=O) groups excluding carboxylic acids is 1. The average Bonchev–Trinajstić information content (AvgIpc) is 2.78. The third-order valence-electron chi connectivity index (χ3n) is 2.55. The Morgan fingerprint density at radius 3 is 2.68 bits per heavy atom. The Bertz CT molecular complexity index is 598. The Morgan fingerprint density at radius 1 is 1.26 bits per heavy atom. The standard InChI is InChI=1S/C13H12Br2N2OS/c14-10-7-8(1-3-11(10)16)13(18)17-6-5-9-2-4-12(15)19-9/h1-4,7H,5-6,16H2,(H,17,18). The predicted octanol–water partition coefficient (Wildman–Crippen LogP) is 3.83.